The van der Waals surface area contributed by atoms with Crippen LogP contribution >= 0.6 is 11.8 Å². The predicted octanol–water partition coefficient (Wildman–Crippen LogP) is 2.27. The number of benzene rings is 2. The highest BCUT2D eigenvalue weighted by Crippen LogP contribution is 2.30. The second-order valence-electron chi connectivity index (χ2n) is 7.68. The molecule has 0 unspecified atom stereocenters. The molecular formula is C22H22N6O5S2. The van der Waals surface area contributed by atoms with Crippen LogP contribution in [0.1, 0.15) is 0 Å². The van der Waals surface area contributed by atoms with Gasteiger partial charge >= 0.3 is 0 Å². The number of carbonyl (C=O) groups is 1. The molecule has 0 atom stereocenters. The molecule has 1 aliphatic heterocycles. The molecule has 1 fully saturated rings. The molecule has 0 bridgehead atoms. The van der Waals surface area contributed by atoms with Crippen LogP contribution in [0.15, 0.2) is 52.5 Å². The molecule has 3 heterocycles. The van der Waals surface area contributed by atoms with Crippen molar-refractivity contribution in [1.82, 2.24) is 24.5 Å². The Morgan fingerprint density at radius 3 is 2.80 bits per heavy atom. The van der Waals surface area contributed by atoms with Gasteiger partial charge in [0.1, 0.15) is 11.3 Å². The molecule has 13 heteroatoms. The number of nitrogens with zero attached hydrogens (tertiary/aromatic N) is 4. The number of para-hydroxylation sites is 1. The van der Waals surface area contributed by atoms with Gasteiger partial charge < -0.3 is 19.8 Å². The maximum absolute atomic E-state index is 12.9. The molecule has 1 aliphatic rings. The van der Waals surface area contributed by atoms with Crippen molar-refractivity contribution < 1.29 is 22.7 Å². The standard InChI is InChI=1S/C22H22N6O5S2/c1-32-18-12-14(35(30,31)28-8-10-33-11-9-28)6-7-17(18)23-19(29)13-34-22-25-21-20(26-27-22)15-4-2-3-5-16(15)24-21/h2-7,12H,8-11,13H2,1H3,(H,23,29)(H,24,25,27). The Morgan fingerprint density at radius 1 is 1.20 bits per heavy atom. The molecule has 0 saturated carbocycles. The van der Waals surface area contributed by atoms with E-state index in [1.165, 1.54) is 29.6 Å². The quantitative estimate of drug-likeness (QED) is 0.356. The average molecular weight is 515 g/mol. The number of methoxy groups -OCH3 is 1. The van der Waals surface area contributed by atoms with Gasteiger partial charge in [-0.1, -0.05) is 30.0 Å². The molecule has 1 amide bonds. The Kier molecular flexibility index (Phi) is 6.56. The lowest BCUT2D eigenvalue weighted by Crippen LogP contribution is -2.40. The SMILES string of the molecule is COc1cc(S(=O)(=O)N2CCOCC2)ccc1NC(=O)CSc1nnc2c(n1)[nH]c1ccccc12. The molecule has 4 aromatic rings. The van der Waals surface area contributed by atoms with E-state index < -0.39 is 10.0 Å². The van der Waals surface area contributed by atoms with E-state index in [0.717, 1.165) is 22.7 Å². The molecule has 2 aromatic carbocycles. The van der Waals surface area contributed by atoms with Crippen LogP contribution in [0, 0.1) is 0 Å². The molecule has 2 N–H and O–H groups in total. The second kappa shape index (κ2) is 9.77. The van der Waals surface area contributed by atoms with E-state index in [0.29, 0.717) is 48.3 Å². The van der Waals surface area contributed by atoms with Gasteiger partial charge in [0.2, 0.25) is 21.1 Å². The summed E-state index contributed by atoms with van der Waals surface area (Å²) < 4.78 is 37.7. The molecule has 5 rings (SSSR count). The maximum Gasteiger partial charge on any atom is 0.243 e. The Hall–Kier alpha value is -3.26. The van der Waals surface area contributed by atoms with Crippen LogP contribution in [0.4, 0.5) is 5.69 Å². The first-order valence-electron chi connectivity index (χ1n) is 10.8. The summed E-state index contributed by atoms with van der Waals surface area (Å²) in [6.45, 7) is 1.30. The number of rotatable bonds is 7. The largest absolute Gasteiger partial charge is 0.495 e. The van der Waals surface area contributed by atoms with Crippen LogP contribution < -0.4 is 10.1 Å². The number of hydrogen-bond donors (Lipinski definition) is 2. The van der Waals surface area contributed by atoms with E-state index in [4.69, 9.17) is 9.47 Å². The van der Waals surface area contributed by atoms with Crippen molar-refractivity contribution in [1.29, 1.82) is 0 Å². The fourth-order valence-corrected chi connectivity index (χ4v) is 5.77. The van der Waals surface area contributed by atoms with E-state index in [9.17, 15) is 13.2 Å². The molecule has 2 aromatic heterocycles. The first-order valence-corrected chi connectivity index (χ1v) is 13.2. The maximum atomic E-state index is 12.9. The number of aromatic nitrogens is 4. The Balaban J connectivity index is 1.26. The summed E-state index contributed by atoms with van der Waals surface area (Å²) in [5.41, 5.74) is 2.55. The lowest BCUT2D eigenvalue weighted by Gasteiger charge is -2.26. The predicted molar refractivity (Wildman–Crippen MR) is 131 cm³/mol. The minimum absolute atomic E-state index is 0.0321. The third-order valence-corrected chi connectivity index (χ3v) is 8.22. The van der Waals surface area contributed by atoms with Gasteiger partial charge in [-0.2, -0.15) is 4.31 Å². The van der Waals surface area contributed by atoms with Gasteiger partial charge in [0.25, 0.3) is 0 Å². The van der Waals surface area contributed by atoms with Gasteiger partial charge in [0.05, 0.1) is 36.7 Å². The topological polar surface area (TPSA) is 139 Å². The van der Waals surface area contributed by atoms with E-state index in [2.05, 4.69) is 25.5 Å². The zero-order valence-corrected chi connectivity index (χ0v) is 20.4. The molecular weight excluding hydrogens is 492 g/mol. The molecule has 1 saturated heterocycles. The number of ether oxygens (including phenoxy) is 2. The summed E-state index contributed by atoms with van der Waals surface area (Å²) in [6.07, 6.45) is 0. The van der Waals surface area contributed by atoms with Gasteiger partial charge in [-0.05, 0) is 18.2 Å². The zero-order valence-electron chi connectivity index (χ0n) is 18.7. The normalized spacial score (nSPS) is 14.9. The number of hydrogen-bond acceptors (Lipinski definition) is 9. The van der Waals surface area contributed by atoms with Gasteiger partial charge in [-0.25, -0.2) is 13.4 Å². The fraction of sp³-hybridized carbons (Fsp3) is 0.273. The number of nitrogens with one attached hydrogen (secondary N) is 2. The average Bonchev–Trinajstić information content (AvgIpc) is 3.26. The van der Waals surface area contributed by atoms with Gasteiger partial charge in [-0.3, -0.25) is 4.79 Å². The van der Waals surface area contributed by atoms with Crippen molar-refractivity contribution in [3.05, 3.63) is 42.5 Å². The van der Waals surface area contributed by atoms with Crippen LogP contribution in [-0.4, -0.2) is 78.0 Å². The number of anilines is 1. The van der Waals surface area contributed by atoms with Gasteiger partial charge in [0.15, 0.2) is 5.65 Å². The van der Waals surface area contributed by atoms with E-state index >= 15 is 0 Å². The van der Waals surface area contributed by atoms with Gasteiger partial charge in [-0.15, -0.1) is 10.2 Å². The highest BCUT2D eigenvalue weighted by Gasteiger charge is 2.27. The lowest BCUT2D eigenvalue weighted by atomic mass is 10.2. The zero-order chi connectivity index (χ0) is 24.4. The summed E-state index contributed by atoms with van der Waals surface area (Å²) in [5, 5.41) is 12.4. The Labute approximate surface area is 205 Å². The summed E-state index contributed by atoms with van der Waals surface area (Å²) >= 11 is 1.14. The van der Waals surface area contributed by atoms with Crippen LogP contribution in [-0.2, 0) is 19.6 Å². The number of fused-ring (bicyclic) bond motifs is 3. The summed E-state index contributed by atoms with van der Waals surface area (Å²) in [5.74, 6) is -0.0442. The molecule has 0 spiro atoms. The highest BCUT2D eigenvalue weighted by molar-refractivity contribution is 7.99. The van der Waals surface area contributed by atoms with Gasteiger partial charge in [0, 0.05) is 30.1 Å². The minimum Gasteiger partial charge on any atom is -0.495 e. The van der Waals surface area contributed by atoms with Crippen LogP contribution in [0.3, 0.4) is 0 Å². The smallest absolute Gasteiger partial charge is 0.243 e. The Morgan fingerprint density at radius 2 is 2.00 bits per heavy atom. The number of thioether (sulfide) groups is 1. The number of amides is 1. The monoisotopic (exact) mass is 514 g/mol. The van der Waals surface area contributed by atoms with Crippen molar-refractivity contribution in [3.8, 4) is 5.75 Å². The first kappa shape index (κ1) is 23.5. The number of aromatic amines is 1. The second-order valence-corrected chi connectivity index (χ2v) is 10.6. The third kappa shape index (κ3) is 4.80. The highest BCUT2D eigenvalue weighted by atomic mass is 32.2. The third-order valence-electron chi connectivity index (χ3n) is 5.49. The Bertz CT molecular complexity index is 1500. The van der Waals surface area contributed by atoms with E-state index in [1.807, 2.05) is 24.3 Å². The summed E-state index contributed by atoms with van der Waals surface area (Å²) in [7, 11) is -2.27. The van der Waals surface area contributed by atoms with Crippen molar-refractivity contribution in [3.63, 3.8) is 0 Å². The van der Waals surface area contributed by atoms with Crippen LogP contribution in [0.25, 0.3) is 22.1 Å². The van der Waals surface area contributed by atoms with Crippen molar-refractivity contribution in [2.24, 2.45) is 0 Å². The molecule has 11 nitrogen and oxygen atoms in total. The molecule has 0 aliphatic carbocycles. The van der Waals surface area contributed by atoms with E-state index in [-0.39, 0.29) is 22.3 Å². The lowest BCUT2D eigenvalue weighted by molar-refractivity contribution is -0.113. The number of H-pyrrole nitrogens is 1. The van der Waals surface area contributed by atoms with Crippen LogP contribution in [0.2, 0.25) is 0 Å². The van der Waals surface area contributed by atoms with E-state index in [1.54, 1.807) is 0 Å². The number of carbonyl (C=O) groups excluding carboxylic acids is 1. The van der Waals surface area contributed by atoms with Crippen molar-refractivity contribution in [2.75, 3.05) is 44.5 Å². The number of sulfonamides is 1. The molecule has 35 heavy (non-hydrogen) atoms. The minimum atomic E-state index is -3.68. The molecule has 182 valence electrons. The fourth-order valence-electron chi connectivity index (χ4n) is 3.75. The van der Waals surface area contributed by atoms with Crippen LogP contribution in [0.5, 0.6) is 5.75 Å². The van der Waals surface area contributed by atoms with Crippen molar-refractivity contribution >= 4 is 55.4 Å². The van der Waals surface area contributed by atoms with Crippen molar-refractivity contribution in [2.45, 2.75) is 10.1 Å². The first-order chi connectivity index (χ1) is 17.0. The summed E-state index contributed by atoms with van der Waals surface area (Å²) in [6, 6.07) is 12.1. The molecule has 0 radical (unpaired) electrons. The summed E-state index contributed by atoms with van der Waals surface area (Å²) in [4.78, 5) is 20.3. The number of morpholine rings is 1.